The number of anilines is 1. The quantitative estimate of drug-likeness (QED) is 0.480. The Bertz CT molecular complexity index is 1400. The minimum atomic E-state index is -0.432. The molecule has 0 fully saturated rings. The van der Waals surface area contributed by atoms with Gasteiger partial charge in [-0.25, -0.2) is 18.9 Å². The van der Waals surface area contributed by atoms with Gasteiger partial charge < -0.3 is 14.4 Å². The van der Waals surface area contributed by atoms with Crippen LogP contribution in [-0.2, 0) is 7.05 Å². The van der Waals surface area contributed by atoms with Gasteiger partial charge in [0.1, 0.15) is 23.6 Å². The zero-order valence-corrected chi connectivity index (χ0v) is 16.6. The van der Waals surface area contributed by atoms with Crippen molar-refractivity contribution in [2.75, 3.05) is 5.32 Å². The molecular weight excluding hydrogens is 401 g/mol. The van der Waals surface area contributed by atoms with Gasteiger partial charge in [-0.05, 0) is 43.3 Å². The second kappa shape index (κ2) is 7.17. The van der Waals surface area contributed by atoms with Gasteiger partial charge in [-0.1, -0.05) is 5.16 Å². The molecule has 0 unspecified atom stereocenters. The first-order valence-electron chi connectivity index (χ1n) is 9.37. The number of imidazole rings is 2. The number of carbonyl (C=O) groups excluding carboxylic acids is 1. The van der Waals surface area contributed by atoms with Crippen molar-refractivity contribution in [3.8, 4) is 22.6 Å². The largest absolute Gasteiger partial charge is 0.364 e. The highest BCUT2D eigenvalue weighted by atomic mass is 19.1. The van der Waals surface area contributed by atoms with Crippen molar-refractivity contribution in [2.24, 2.45) is 7.05 Å². The van der Waals surface area contributed by atoms with E-state index >= 15 is 0 Å². The SMILES string of the molecule is Cc1nc(-c2ccc(F)cc2)c(-c2ccc3nc(NC(=O)c4ccon4)cn3n2)n1C. The van der Waals surface area contributed by atoms with Gasteiger partial charge in [0.2, 0.25) is 0 Å². The third-order valence-electron chi connectivity index (χ3n) is 4.91. The van der Waals surface area contributed by atoms with Gasteiger partial charge in [0.25, 0.3) is 5.91 Å². The van der Waals surface area contributed by atoms with Gasteiger partial charge >= 0.3 is 0 Å². The summed E-state index contributed by atoms with van der Waals surface area (Å²) in [6.45, 7) is 1.89. The molecular formula is C21H16FN7O2. The molecule has 1 aromatic carbocycles. The van der Waals surface area contributed by atoms with Crippen LogP contribution in [0.15, 0.2) is 59.4 Å². The number of nitrogens with zero attached hydrogens (tertiary/aromatic N) is 6. The van der Waals surface area contributed by atoms with E-state index in [1.807, 2.05) is 24.6 Å². The molecule has 0 aliphatic carbocycles. The molecule has 154 valence electrons. The molecule has 1 N–H and O–H groups in total. The molecule has 1 amide bonds. The van der Waals surface area contributed by atoms with Crippen LogP contribution >= 0.6 is 0 Å². The van der Waals surface area contributed by atoms with Crippen LogP contribution in [0.1, 0.15) is 16.3 Å². The lowest BCUT2D eigenvalue weighted by molar-refractivity contribution is 0.101. The van der Waals surface area contributed by atoms with Crippen molar-refractivity contribution in [2.45, 2.75) is 6.92 Å². The van der Waals surface area contributed by atoms with Crippen molar-refractivity contribution in [1.82, 2.24) is 29.3 Å². The fourth-order valence-electron chi connectivity index (χ4n) is 3.29. The highest BCUT2D eigenvalue weighted by molar-refractivity contribution is 6.02. The van der Waals surface area contributed by atoms with E-state index in [9.17, 15) is 9.18 Å². The van der Waals surface area contributed by atoms with Crippen LogP contribution in [0.3, 0.4) is 0 Å². The first-order chi connectivity index (χ1) is 15.0. The number of fused-ring (bicyclic) bond motifs is 1. The van der Waals surface area contributed by atoms with Crippen molar-refractivity contribution in [1.29, 1.82) is 0 Å². The van der Waals surface area contributed by atoms with Crippen LogP contribution in [0.5, 0.6) is 0 Å². The van der Waals surface area contributed by atoms with Gasteiger partial charge in [-0.15, -0.1) is 0 Å². The molecule has 0 atom stereocenters. The zero-order chi connectivity index (χ0) is 21.5. The zero-order valence-electron chi connectivity index (χ0n) is 16.6. The van der Waals surface area contributed by atoms with E-state index in [0.717, 1.165) is 17.1 Å². The lowest BCUT2D eigenvalue weighted by Crippen LogP contribution is -2.12. The van der Waals surface area contributed by atoms with Gasteiger partial charge in [-0.3, -0.25) is 4.79 Å². The predicted octanol–water partition coefficient (Wildman–Crippen LogP) is 3.48. The molecule has 31 heavy (non-hydrogen) atoms. The van der Waals surface area contributed by atoms with E-state index in [1.165, 1.54) is 24.5 Å². The maximum absolute atomic E-state index is 13.4. The molecule has 10 heteroatoms. The fourth-order valence-corrected chi connectivity index (χ4v) is 3.29. The van der Waals surface area contributed by atoms with Gasteiger partial charge in [0.15, 0.2) is 17.2 Å². The lowest BCUT2D eigenvalue weighted by atomic mass is 10.1. The summed E-state index contributed by atoms with van der Waals surface area (Å²) in [6.07, 6.45) is 2.93. The molecule has 0 aliphatic rings. The lowest BCUT2D eigenvalue weighted by Gasteiger charge is -2.07. The summed E-state index contributed by atoms with van der Waals surface area (Å²) in [5.41, 5.74) is 3.63. The van der Waals surface area contributed by atoms with Crippen LogP contribution in [0.25, 0.3) is 28.3 Å². The van der Waals surface area contributed by atoms with E-state index in [0.29, 0.717) is 22.9 Å². The van der Waals surface area contributed by atoms with Gasteiger partial charge in [0.05, 0.1) is 17.6 Å². The number of aryl methyl sites for hydroxylation is 1. The molecule has 4 heterocycles. The number of hydrogen-bond acceptors (Lipinski definition) is 6. The third-order valence-corrected chi connectivity index (χ3v) is 4.91. The first kappa shape index (κ1) is 18.7. The number of nitrogens with one attached hydrogen (secondary N) is 1. The molecule has 0 saturated carbocycles. The molecule has 0 radical (unpaired) electrons. The van der Waals surface area contributed by atoms with Crippen LogP contribution in [0.4, 0.5) is 10.2 Å². The Morgan fingerprint density at radius 1 is 1.10 bits per heavy atom. The van der Waals surface area contributed by atoms with Crippen LogP contribution in [0.2, 0.25) is 0 Å². The van der Waals surface area contributed by atoms with E-state index in [-0.39, 0.29) is 11.5 Å². The fraction of sp³-hybridized carbons (Fsp3) is 0.0952. The Morgan fingerprint density at radius 3 is 2.65 bits per heavy atom. The highest BCUT2D eigenvalue weighted by Crippen LogP contribution is 2.31. The predicted molar refractivity (Wildman–Crippen MR) is 110 cm³/mol. The summed E-state index contributed by atoms with van der Waals surface area (Å²) in [5.74, 6) is 0.384. The summed E-state index contributed by atoms with van der Waals surface area (Å²) in [5, 5.41) is 10.9. The summed E-state index contributed by atoms with van der Waals surface area (Å²) in [7, 11) is 1.90. The maximum atomic E-state index is 13.4. The second-order valence-electron chi connectivity index (χ2n) is 6.91. The average Bonchev–Trinajstić information content (AvgIpc) is 3.48. The van der Waals surface area contributed by atoms with E-state index in [4.69, 9.17) is 0 Å². The van der Waals surface area contributed by atoms with Gasteiger partial charge in [0, 0.05) is 18.7 Å². The number of aromatic nitrogens is 6. The van der Waals surface area contributed by atoms with Crippen LogP contribution < -0.4 is 5.32 Å². The smallest absolute Gasteiger partial charge is 0.279 e. The van der Waals surface area contributed by atoms with E-state index < -0.39 is 5.91 Å². The first-order valence-corrected chi connectivity index (χ1v) is 9.37. The minimum absolute atomic E-state index is 0.153. The molecule has 0 aliphatic heterocycles. The summed E-state index contributed by atoms with van der Waals surface area (Å²) in [4.78, 5) is 21.2. The van der Waals surface area contributed by atoms with Crippen molar-refractivity contribution >= 4 is 17.4 Å². The topological polar surface area (TPSA) is 103 Å². The van der Waals surface area contributed by atoms with E-state index in [2.05, 4.69) is 30.1 Å². The summed E-state index contributed by atoms with van der Waals surface area (Å²) >= 11 is 0. The third kappa shape index (κ3) is 3.33. The molecule has 4 aromatic heterocycles. The van der Waals surface area contributed by atoms with Crippen molar-refractivity contribution in [3.05, 3.63) is 72.3 Å². The Labute approximate surface area is 175 Å². The molecule has 5 rings (SSSR count). The van der Waals surface area contributed by atoms with Crippen molar-refractivity contribution in [3.63, 3.8) is 0 Å². The number of benzene rings is 1. The molecule has 0 saturated heterocycles. The normalized spacial score (nSPS) is 11.2. The Balaban J connectivity index is 1.54. The summed E-state index contributed by atoms with van der Waals surface area (Å²) < 4.78 is 21.6. The number of rotatable bonds is 4. The average molecular weight is 417 g/mol. The highest BCUT2D eigenvalue weighted by Gasteiger charge is 2.19. The minimum Gasteiger partial charge on any atom is -0.364 e. The standard InChI is InChI=1S/C21H16FN7O2/c1-12-23-19(13-3-5-14(22)6-4-13)20(28(12)2)15-7-8-18-24-17(11-29(18)26-15)25-21(30)16-9-10-31-27-16/h3-11H,1-2H3,(H,25,30). The molecule has 0 spiro atoms. The molecule has 9 nitrogen and oxygen atoms in total. The van der Waals surface area contributed by atoms with Crippen LogP contribution in [-0.4, -0.2) is 35.2 Å². The van der Waals surface area contributed by atoms with Gasteiger partial charge in [-0.2, -0.15) is 5.10 Å². The molecule has 0 bridgehead atoms. The van der Waals surface area contributed by atoms with E-state index in [1.54, 1.807) is 28.9 Å². The number of carbonyl (C=O) groups is 1. The summed E-state index contributed by atoms with van der Waals surface area (Å²) in [6, 6.07) is 11.3. The van der Waals surface area contributed by atoms with Crippen LogP contribution in [0, 0.1) is 12.7 Å². The Hall–Kier alpha value is -4.34. The number of halogens is 1. The number of amides is 1. The second-order valence-corrected chi connectivity index (χ2v) is 6.91. The molecule has 5 aromatic rings. The Morgan fingerprint density at radius 2 is 1.90 bits per heavy atom. The van der Waals surface area contributed by atoms with Crippen molar-refractivity contribution < 1.29 is 13.7 Å². The monoisotopic (exact) mass is 417 g/mol. The maximum Gasteiger partial charge on any atom is 0.279 e. The Kier molecular flexibility index (Phi) is 4.32. The number of hydrogen-bond donors (Lipinski definition) is 1.